The quantitative estimate of drug-likeness (QED) is 0.618. The van der Waals surface area contributed by atoms with Crippen LogP contribution >= 0.6 is 0 Å². The summed E-state index contributed by atoms with van der Waals surface area (Å²) in [7, 11) is 0. The van der Waals surface area contributed by atoms with Gasteiger partial charge < -0.3 is 10.4 Å². The zero-order valence-electron chi connectivity index (χ0n) is 12.4. The molecule has 0 bridgehead atoms. The zero-order chi connectivity index (χ0) is 13.3. The van der Waals surface area contributed by atoms with E-state index in [1.54, 1.807) is 0 Å². The van der Waals surface area contributed by atoms with E-state index in [-0.39, 0.29) is 6.61 Å². The fourth-order valence-electron chi connectivity index (χ4n) is 2.01. The second kappa shape index (κ2) is 9.86. The van der Waals surface area contributed by atoms with Gasteiger partial charge in [-0.05, 0) is 39.2 Å². The van der Waals surface area contributed by atoms with Crippen LogP contribution in [0.15, 0.2) is 0 Å². The van der Waals surface area contributed by atoms with Gasteiger partial charge in [-0.1, -0.05) is 20.8 Å². The molecule has 0 amide bonds. The number of rotatable bonds is 10. The van der Waals surface area contributed by atoms with Crippen LogP contribution in [0.25, 0.3) is 0 Å². The molecule has 0 spiro atoms. The summed E-state index contributed by atoms with van der Waals surface area (Å²) < 4.78 is 0. The second-order valence-corrected chi connectivity index (χ2v) is 5.60. The Balaban J connectivity index is 4.23. The van der Waals surface area contributed by atoms with Crippen molar-refractivity contribution < 1.29 is 5.11 Å². The van der Waals surface area contributed by atoms with Crippen molar-refractivity contribution in [2.24, 2.45) is 5.92 Å². The lowest BCUT2D eigenvalue weighted by molar-refractivity contribution is 0.162. The number of nitrogens with zero attached hydrogens (tertiary/aromatic N) is 1. The van der Waals surface area contributed by atoms with Crippen molar-refractivity contribution in [2.45, 2.75) is 59.5 Å². The van der Waals surface area contributed by atoms with Crippen LogP contribution in [-0.2, 0) is 0 Å². The summed E-state index contributed by atoms with van der Waals surface area (Å²) in [4.78, 5) is 2.51. The normalized spacial score (nSPS) is 13.9. The Hall–Kier alpha value is -0.120. The van der Waals surface area contributed by atoms with E-state index >= 15 is 0 Å². The fraction of sp³-hybridized carbons (Fsp3) is 1.00. The van der Waals surface area contributed by atoms with Crippen LogP contribution in [0.4, 0.5) is 0 Å². The van der Waals surface area contributed by atoms with Crippen LogP contribution in [0.3, 0.4) is 0 Å². The topological polar surface area (TPSA) is 35.5 Å². The maximum atomic E-state index is 9.11. The summed E-state index contributed by atoms with van der Waals surface area (Å²) in [5.41, 5.74) is 0. The molecule has 0 saturated heterocycles. The highest BCUT2D eigenvalue weighted by Crippen LogP contribution is 2.07. The van der Waals surface area contributed by atoms with E-state index in [0.29, 0.717) is 18.0 Å². The molecule has 2 N–H and O–H groups in total. The Morgan fingerprint density at radius 2 is 1.76 bits per heavy atom. The third kappa shape index (κ3) is 8.58. The van der Waals surface area contributed by atoms with Gasteiger partial charge in [0.05, 0.1) is 0 Å². The maximum Gasteiger partial charge on any atom is 0.0446 e. The van der Waals surface area contributed by atoms with E-state index in [1.165, 1.54) is 0 Å². The van der Waals surface area contributed by atoms with Crippen LogP contribution < -0.4 is 5.32 Å². The van der Waals surface area contributed by atoms with E-state index in [1.807, 2.05) is 0 Å². The van der Waals surface area contributed by atoms with Crippen LogP contribution in [0.2, 0.25) is 0 Å². The summed E-state index contributed by atoms with van der Waals surface area (Å²) in [5.74, 6) is 0.693. The summed E-state index contributed by atoms with van der Waals surface area (Å²) in [6.07, 6.45) is 2.00. The van der Waals surface area contributed by atoms with Gasteiger partial charge in [0.2, 0.25) is 0 Å². The monoisotopic (exact) mass is 244 g/mol. The van der Waals surface area contributed by atoms with Crippen LogP contribution in [0.5, 0.6) is 0 Å². The highest BCUT2D eigenvalue weighted by atomic mass is 16.3. The average Bonchev–Trinajstić information content (AvgIpc) is 2.24. The Kier molecular flexibility index (Phi) is 9.79. The number of nitrogens with one attached hydrogen (secondary N) is 1. The highest BCUT2D eigenvalue weighted by molar-refractivity contribution is 4.75. The predicted octanol–water partition coefficient (Wildman–Crippen LogP) is 2.10. The molecule has 104 valence electrons. The van der Waals surface area contributed by atoms with Gasteiger partial charge in [-0.25, -0.2) is 0 Å². The minimum Gasteiger partial charge on any atom is -0.396 e. The zero-order valence-corrected chi connectivity index (χ0v) is 12.4. The van der Waals surface area contributed by atoms with E-state index in [9.17, 15) is 0 Å². The molecule has 0 aliphatic rings. The van der Waals surface area contributed by atoms with Gasteiger partial charge in [-0.15, -0.1) is 0 Å². The van der Waals surface area contributed by atoms with Crippen molar-refractivity contribution in [2.75, 3.05) is 26.2 Å². The third-order valence-electron chi connectivity index (χ3n) is 2.95. The molecule has 0 heterocycles. The largest absolute Gasteiger partial charge is 0.396 e. The van der Waals surface area contributed by atoms with Crippen molar-refractivity contribution >= 4 is 0 Å². The highest BCUT2D eigenvalue weighted by Gasteiger charge is 2.16. The molecular formula is C14H32N2O. The maximum absolute atomic E-state index is 9.11. The van der Waals surface area contributed by atoms with Gasteiger partial charge >= 0.3 is 0 Å². The lowest BCUT2D eigenvalue weighted by atomic mass is 10.1. The summed E-state index contributed by atoms with van der Waals surface area (Å²) in [6, 6.07) is 0.989. The molecule has 0 fully saturated rings. The smallest absolute Gasteiger partial charge is 0.0446 e. The molecule has 0 saturated carbocycles. The van der Waals surface area contributed by atoms with Gasteiger partial charge in [0.25, 0.3) is 0 Å². The van der Waals surface area contributed by atoms with Gasteiger partial charge in [-0.2, -0.15) is 0 Å². The summed E-state index contributed by atoms with van der Waals surface area (Å²) >= 11 is 0. The molecule has 1 atom stereocenters. The number of hydrogen-bond donors (Lipinski definition) is 2. The first-order valence-corrected chi connectivity index (χ1v) is 7.09. The van der Waals surface area contributed by atoms with Crippen LogP contribution in [-0.4, -0.2) is 48.3 Å². The SMILES string of the molecule is CCCNC(CCO)CN(CC(C)C)C(C)C. The Bertz CT molecular complexity index is 172. The van der Waals surface area contributed by atoms with E-state index in [0.717, 1.165) is 32.5 Å². The standard InChI is InChI=1S/C14H32N2O/c1-6-8-15-14(7-9-17)11-16(13(4)5)10-12(2)3/h12-15,17H,6-11H2,1-5H3. The average molecular weight is 244 g/mol. The molecule has 0 radical (unpaired) electrons. The molecule has 0 aromatic rings. The number of hydrogen-bond acceptors (Lipinski definition) is 3. The molecule has 0 rings (SSSR count). The first-order valence-electron chi connectivity index (χ1n) is 7.09. The number of aliphatic hydroxyl groups excluding tert-OH is 1. The Morgan fingerprint density at radius 3 is 2.18 bits per heavy atom. The third-order valence-corrected chi connectivity index (χ3v) is 2.95. The van der Waals surface area contributed by atoms with Crippen molar-refractivity contribution in [3.05, 3.63) is 0 Å². The van der Waals surface area contributed by atoms with Gasteiger partial charge in [0.15, 0.2) is 0 Å². The molecule has 0 aliphatic heterocycles. The first-order chi connectivity index (χ1) is 8.01. The Labute approximate surface area is 108 Å². The van der Waals surface area contributed by atoms with Crippen molar-refractivity contribution in [1.29, 1.82) is 0 Å². The molecule has 3 heteroatoms. The Morgan fingerprint density at radius 1 is 1.12 bits per heavy atom. The van der Waals surface area contributed by atoms with E-state index in [2.05, 4.69) is 44.8 Å². The lowest BCUT2D eigenvalue weighted by Crippen LogP contribution is -2.45. The number of aliphatic hydroxyl groups is 1. The molecule has 17 heavy (non-hydrogen) atoms. The van der Waals surface area contributed by atoms with Crippen LogP contribution in [0.1, 0.15) is 47.5 Å². The fourth-order valence-corrected chi connectivity index (χ4v) is 2.01. The molecule has 3 nitrogen and oxygen atoms in total. The summed E-state index contributed by atoms with van der Waals surface area (Å²) in [6.45, 7) is 14.7. The minimum atomic E-state index is 0.273. The molecular weight excluding hydrogens is 212 g/mol. The van der Waals surface area contributed by atoms with Gasteiger partial charge in [0, 0.05) is 31.8 Å². The van der Waals surface area contributed by atoms with E-state index < -0.39 is 0 Å². The van der Waals surface area contributed by atoms with Gasteiger partial charge in [-0.3, -0.25) is 4.90 Å². The first kappa shape index (κ1) is 16.9. The molecule has 0 aromatic carbocycles. The molecule has 0 aliphatic carbocycles. The predicted molar refractivity (Wildman–Crippen MR) is 75.3 cm³/mol. The van der Waals surface area contributed by atoms with Crippen molar-refractivity contribution in [1.82, 2.24) is 10.2 Å². The lowest BCUT2D eigenvalue weighted by Gasteiger charge is -2.32. The molecule has 0 aromatic heterocycles. The summed E-state index contributed by atoms with van der Waals surface area (Å²) in [5, 5.41) is 12.6. The van der Waals surface area contributed by atoms with Crippen molar-refractivity contribution in [3.63, 3.8) is 0 Å². The molecule has 1 unspecified atom stereocenters. The van der Waals surface area contributed by atoms with Gasteiger partial charge in [0.1, 0.15) is 0 Å². The van der Waals surface area contributed by atoms with Crippen LogP contribution in [0, 0.1) is 5.92 Å². The minimum absolute atomic E-state index is 0.273. The van der Waals surface area contributed by atoms with E-state index in [4.69, 9.17) is 5.11 Å². The van der Waals surface area contributed by atoms with Crippen molar-refractivity contribution in [3.8, 4) is 0 Å². The second-order valence-electron chi connectivity index (χ2n) is 5.60.